The van der Waals surface area contributed by atoms with Crippen LogP contribution < -0.4 is 5.32 Å². The third-order valence-electron chi connectivity index (χ3n) is 2.73. The summed E-state index contributed by atoms with van der Waals surface area (Å²) >= 11 is 3.25. The summed E-state index contributed by atoms with van der Waals surface area (Å²) in [7, 11) is 0. The fraction of sp³-hybridized carbons (Fsp3) is 0. The Morgan fingerprint density at radius 1 is 1.24 bits per heavy atom. The molecule has 3 aromatic rings. The van der Waals surface area contributed by atoms with Crippen molar-refractivity contribution in [2.24, 2.45) is 0 Å². The van der Waals surface area contributed by atoms with Crippen molar-refractivity contribution in [2.45, 2.75) is 0 Å². The fourth-order valence-electron chi connectivity index (χ4n) is 1.78. The number of carbonyl (C=O) groups is 1. The molecule has 0 atom stereocenters. The van der Waals surface area contributed by atoms with E-state index in [9.17, 15) is 4.79 Å². The molecule has 1 aromatic carbocycles. The number of hydrogen-bond acceptors (Lipinski definition) is 5. The Morgan fingerprint density at radius 2 is 2.14 bits per heavy atom. The molecule has 104 valence electrons. The summed E-state index contributed by atoms with van der Waals surface area (Å²) in [5, 5.41) is 10.3. The van der Waals surface area contributed by atoms with Crippen LogP contribution in [0, 0.1) is 0 Å². The molecule has 0 aliphatic carbocycles. The lowest BCUT2D eigenvalue weighted by Gasteiger charge is -2.07. The van der Waals surface area contributed by atoms with Crippen molar-refractivity contribution in [3.05, 3.63) is 59.2 Å². The fourth-order valence-corrected chi connectivity index (χ4v) is 2.21. The quantitative estimate of drug-likeness (QED) is 0.738. The van der Waals surface area contributed by atoms with E-state index < -0.39 is 0 Å². The Bertz CT molecular complexity index is 774. The van der Waals surface area contributed by atoms with Gasteiger partial charge in [-0.3, -0.25) is 4.79 Å². The van der Waals surface area contributed by atoms with Gasteiger partial charge in [0, 0.05) is 17.4 Å². The van der Waals surface area contributed by atoms with Gasteiger partial charge in [-0.15, -0.1) is 10.2 Å². The normalized spacial score (nSPS) is 10.3. The largest absolute Gasteiger partial charge is 0.423 e. The van der Waals surface area contributed by atoms with Crippen molar-refractivity contribution in [2.75, 3.05) is 5.32 Å². The van der Waals surface area contributed by atoms with Crippen LogP contribution in [0.25, 0.3) is 11.5 Å². The maximum absolute atomic E-state index is 12.2. The van der Waals surface area contributed by atoms with Crippen molar-refractivity contribution >= 4 is 27.5 Å². The number of anilines is 1. The van der Waals surface area contributed by atoms with E-state index in [1.165, 1.54) is 6.39 Å². The van der Waals surface area contributed by atoms with Gasteiger partial charge in [0.05, 0.1) is 5.56 Å². The van der Waals surface area contributed by atoms with Crippen molar-refractivity contribution in [1.29, 1.82) is 0 Å². The van der Waals surface area contributed by atoms with Crippen LogP contribution in [-0.2, 0) is 0 Å². The Balaban J connectivity index is 1.84. The van der Waals surface area contributed by atoms with E-state index >= 15 is 0 Å². The van der Waals surface area contributed by atoms with Gasteiger partial charge in [-0.2, -0.15) is 0 Å². The number of nitrogens with zero attached hydrogens (tertiary/aromatic N) is 3. The van der Waals surface area contributed by atoms with Crippen LogP contribution in [0.4, 0.5) is 5.69 Å². The molecular weight excluding hydrogens is 336 g/mol. The minimum absolute atomic E-state index is 0.252. The number of nitrogens with one attached hydrogen (secondary N) is 1. The maximum Gasteiger partial charge on any atom is 0.258 e. The predicted molar refractivity (Wildman–Crippen MR) is 79.6 cm³/mol. The second-order valence-corrected chi connectivity index (χ2v) is 4.87. The van der Waals surface area contributed by atoms with Gasteiger partial charge in [0.15, 0.2) is 0 Å². The molecule has 7 heteroatoms. The number of rotatable bonds is 3. The first-order valence-corrected chi connectivity index (χ1v) is 6.82. The molecule has 0 fully saturated rings. The first kappa shape index (κ1) is 13.4. The van der Waals surface area contributed by atoms with Gasteiger partial charge in [0.2, 0.25) is 12.3 Å². The number of carbonyl (C=O) groups excluding carboxylic acids is 1. The topological polar surface area (TPSA) is 80.9 Å². The lowest BCUT2D eigenvalue weighted by atomic mass is 10.2. The SMILES string of the molecule is O=C(Nc1cccc(-c2nnco2)c1)c1cccnc1Br. The molecule has 6 nitrogen and oxygen atoms in total. The number of hydrogen-bond donors (Lipinski definition) is 1. The van der Waals surface area contributed by atoms with Crippen LogP contribution in [0.3, 0.4) is 0 Å². The third kappa shape index (κ3) is 2.97. The number of aromatic nitrogens is 3. The standard InChI is InChI=1S/C14H9BrN4O2/c15-12-11(5-2-6-16-12)13(20)18-10-4-1-3-9(7-10)14-19-17-8-21-14/h1-8H,(H,18,20). The molecule has 0 saturated carbocycles. The number of benzene rings is 1. The first-order valence-electron chi connectivity index (χ1n) is 6.02. The highest BCUT2D eigenvalue weighted by Gasteiger charge is 2.11. The van der Waals surface area contributed by atoms with Crippen LogP contribution in [0.2, 0.25) is 0 Å². The molecule has 21 heavy (non-hydrogen) atoms. The minimum atomic E-state index is -0.252. The molecule has 1 N–H and O–H groups in total. The Labute approximate surface area is 128 Å². The second kappa shape index (κ2) is 5.84. The number of pyridine rings is 1. The molecule has 0 spiro atoms. The summed E-state index contributed by atoms with van der Waals surface area (Å²) in [6.45, 7) is 0. The summed E-state index contributed by atoms with van der Waals surface area (Å²) in [6, 6.07) is 10.6. The minimum Gasteiger partial charge on any atom is -0.423 e. The van der Waals surface area contributed by atoms with E-state index in [-0.39, 0.29) is 5.91 Å². The Kier molecular flexibility index (Phi) is 3.74. The van der Waals surface area contributed by atoms with E-state index in [1.807, 2.05) is 6.07 Å². The molecule has 2 aromatic heterocycles. The molecule has 0 unspecified atom stereocenters. The van der Waals surface area contributed by atoms with Crippen molar-refractivity contribution in [1.82, 2.24) is 15.2 Å². The summed E-state index contributed by atoms with van der Waals surface area (Å²) in [5.41, 5.74) is 1.82. The Morgan fingerprint density at radius 3 is 2.90 bits per heavy atom. The molecule has 0 radical (unpaired) electrons. The van der Waals surface area contributed by atoms with Crippen LogP contribution in [-0.4, -0.2) is 21.1 Å². The molecule has 0 aliphatic heterocycles. The predicted octanol–water partition coefficient (Wildman–Crippen LogP) is 3.15. The number of amides is 1. The first-order chi connectivity index (χ1) is 10.2. The van der Waals surface area contributed by atoms with E-state index in [0.29, 0.717) is 21.7 Å². The summed E-state index contributed by atoms with van der Waals surface area (Å²) in [5.74, 6) is 0.145. The molecular formula is C14H9BrN4O2. The molecule has 0 bridgehead atoms. The third-order valence-corrected chi connectivity index (χ3v) is 3.36. The molecule has 1 amide bonds. The molecule has 0 aliphatic rings. The monoisotopic (exact) mass is 344 g/mol. The summed E-state index contributed by atoms with van der Waals surface area (Å²) < 4.78 is 5.63. The van der Waals surface area contributed by atoms with Crippen LogP contribution in [0.15, 0.2) is 58.0 Å². The van der Waals surface area contributed by atoms with Crippen molar-refractivity contribution in [3.63, 3.8) is 0 Å². The van der Waals surface area contributed by atoms with E-state index in [2.05, 4.69) is 36.4 Å². The average molecular weight is 345 g/mol. The van der Waals surface area contributed by atoms with Gasteiger partial charge in [0.1, 0.15) is 4.60 Å². The zero-order valence-corrected chi connectivity index (χ0v) is 12.2. The van der Waals surface area contributed by atoms with E-state index in [0.717, 1.165) is 5.56 Å². The zero-order chi connectivity index (χ0) is 14.7. The molecule has 0 saturated heterocycles. The van der Waals surface area contributed by atoms with Gasteiger partial charge in [-0.1, -0.05) is 6.07 Å². The second-order valence-electron chi connectivity index (χ2n) is 4.12. The van der Waals surface area contributed by atoms with E-state index in [4.69, 9.17) is 4.42 Å². The van der Waals surface area contributed by atoms with Crippen LogP contribution in [0.1, 0.15) is 10.4 Å². The van der Waals surface area contributed by atoms with Gasteiger partial charge in [0.25, 0.3) is 5.91 Å². The summed E-state index contributed by atoms with van der Waals surface area (Å²) in [4.78, 5) is 16.2. The van der Waals surface area contributed by atoms with Crippen LogP contribution >= 0.6 is 15.9 Å². The Hall–Kier alpha value is -2.54. The molecule has 3 rings (SSSR count). The lowest BCUT2D eigenvalue weighted by molar-refractivity contribution is 0.102. The van der Waals surface area contributed by atoms with Gasteiger partial charge in [-0.25, -0.2) is 4.98 Å². The van der Waals surface area contributed by atoms with Crippen molar-refractivity contribution in [3.8, 4) is 11.5 Å². The van der Waals surface area contributed by atoms with Crippen molar-refractivity contribution < 1.29 is 9.21 Å². The number of halogens is 1. The zero-order valence-electron chi connectivity index (χ0n) is 10.7. The summed E-state index contributed by atoms with van der Waals surface area (Å²) in [6.07, 6.45) is 2.87. The smallest absolute Gasteiger partial charge is 0.258 e. The lowest BCUT2D eigenvalue weighted by Crippen LogP contribution is -2.13. The average Bonchev–Trinajstić information content (AvgIpc) is 3.02. The maximum atomic E-state index is 12.2. The van der Waals surface area contributed by atoms with E-state index in [1.54, 1.807) is 36.5 Å². The highest BCUT2D eigenvalue weighted by Crippen LogP contribution is 2.21. The van der Waals surface area contributed by atoms with Gasteiger partial charge in [-0.05, 0) is 46.3 Å². The highest BCUT2D eigenvalue weighted by molar-refractivity contribution is 9.10. The molecule has 2 heterocycles. The highest BCUT2D eigenvalue weighted by atomic mass is 79.9. The van der Waals surface area contributed by atoms with Gasteiger partial charge < -0.3 is 9.73 Å². The van der Waals surface area contributed by atoms with Crippen LogP contribution in [0.5, 0.6) is 0 Å². The van der Waals surface area contributed by atoms with Gasteiger partial charge >= 0.3 is 0 Å².